The van der Waals surface area contributed by atoms with Crippen molar-refractivity contribution >= 4 is 26.0 Å². The Labute approximate surface area is 198 Å². The van der Waals surface area contributed by atoms with Gasteiger partial charge in [-0.05, 0) is 75.5 Å². The number of hydrogen-bond donors (Lipinski definition) is 1. The van der Waals surface area contributed by atoms with E-state index in [2.05, 4.69) is 33.9 Å². The van der Waals surface area contributed by atoms with Crippen LogP contribution in [0.1, 0.15) is 60.5 Å². The van der Waals surface area contributed by atoms with E-state index in [0.29, 0.717) is 18.7 Å². The molecule has 0 aliphatic carbocycles. The number of ether oxygens (including phenoxy) is 2. The number of hydrogen-bond acceptors (Lipinski definition) is 5. The van der Waals surface area contributed by atoms with Gasteiger partial charge in [-0.1, -0.05) is 32.9 Å². The van der Waals surface area contributed by atoms with E-state index in [9.17, 15) is 14.7 Å². The zero-order valence-corrected chi connectivity index (χ0v) is 22.4. The topological polar surface area (TPSA) is 85.3 Å². The first-order chi connectivity index (χ1) is 15.0. The fourth-order valence-corrected chi connectivity index (χ4v) is 4.53. The van der Waals surface area contributed by atoms with Gasteiger partial charge >= 0.3 is 12.1 Å². The lowest BCUT2D eigenvalue weighted by atomic mass is 9.93. The molecular formula is C25H39NO6Si. The third-order valence-corrected chi connectivity index (χ3v) is 10.6. The van der Waals surface area contributed by atoms with Gasteiger partial charge in [-0.25, -0.2) is 9.59 Å². The lowest BCUT2D eigenvalue weighted by molar-refractivity contribution is -0.132. The SMILES string of the molecule is CC(Oc1ccc(C2=C(C(=O)O)CN(C(=O)OC(C)(C)C)CC2)cc1)O[Si](C)(C)C(C)(C)C. The average molecular weight is 478 g/mol. The minimum Gasteiger partial charge on any atom is -0.478 e. The number of nitrogens with zero attached hydrogens (tertiary/aromatic N) is 1. The van der Waals surface area contributed by atoms with Crippen molar-refractivity contribution in [2.24, 2.45) is 0 Å². The summed E-state index contributed by atoms with van der Waals surface area (Å²) >= 11 is 0. The first-order valence-electron chi connectivity index (χ1n) is 11.4. The normalized spacial score (nSPS) is 16.5. The van der Waals surface area contributed by atoms with Crippen molar-refractivity contribution in [3.8, 4) is 5.75 Å². The van der Waals surface area contributed by atoms with Gasteiger partial charge in [0.05, 0.1) is 12.1 Å². The number of benzene rings is 1. The number of carboxylic acid groups (broad SMARTS) is 1. The lowest BCUT2D eigenvalue weighted by Gasteiger charge is -2.38. The predicted octanol–water partition coefficient (Wildman–Crippen LogP) is 5.91. The van der Waals surface area contributed by atoms with E-state index >= 15 is 0 Å². The molecule has 0 saturated heterocycles. The van der Waals surface area contributed by atoms with E-state index in [0.717, 1.165) is 11.1 Å². The van der Waals surface area contributed by atoms with Crippen molar-refractivity contribution < 1.29 is 28.6 Å². The molecular weight excluding hydrogens is 438 g/mol. The molecule has 33 heavy (non-hydrogen) atoms. The van der Waals surface area contributed by atoms with Crippen LogP contribution in [0.4, 0.5) is 4.79 Å². The van der Waals surface area contributed by atoms with Gasteiger partial charge in [0.15, 0.2) is 14.6 Å². The smallest absolute Gasteiger partial charge is 0.410 e. The lowest BCUT2D eigenvalue weighted by Crippen LogP contribution is -2.44. The highest BCUT2D eigenvalue weighted by Crippen LogP contribution is 2.37. The number of amides is 1. The molecule has 8 heteroatoms. The number of carboxylic acids is 1. The summed E-state index contributed by atoms with van der Waals surface area (Å²) in [6, 6.07) is 7.37. The number of aliphatic carboxylic acids is 1. The fraction of sp³-hybridized carbons (Fsp3) is 0.600. The summed E-state index contributed by atoms with van der Waals surface area (Å²) in [4.78, 5) is 25.8. The zero-order chi connectivity index (χ0) is 25.2. The fourth-order valence-electron chi connectivity index (χ4n) is 3.30. The molecule has 0 bridgehead atoms. The Morgan fingerprint density at radius 1 is 1.06 bits per heavy atom. The molecule has 0 fully saturated rings. The van der Waals surface area contributed by atoms with Crippen LogP contribution < -0.4 is 4.74 Å². The molecule has 1 aliphatic heterocycles. The Hall–Kier alpha value is -2.32. The molecule has 1 atom stereocenters. The number of carbonyl (C=O) groups is 2. The van der Waals surface area contributed by atoms with Crippen molar-refractivity contribution in [1.29, 1.82) is 0 Å². The van der Waals surface area contributed by atoms with Crippen molar-refractivity contribution in [3.05, 3.63) is 35.4 Å². The Kier molecular flexibility index (Phi) is 8.07. The van der Waals surface area contributed by atoms with Crippen LogP contribution in [-0.4, -0.2) is 55.4 Å². The van der Waals surface area contributed by atoms with Gasteiger partial charge in [0, 0.05) is 6.54 Å². The van der Waals surface area contributed by atoms with Crippen LogP contribution in [0.3, 0.4) is 0 Å². The summed E-state index contributed by atoms with van der Waals surface area (Å²) in [5.41, 5.74) is 1.10. The van der Waals surface area contributed by atoms with Crippen molar-refractivity contribution in [3.63, 3.8) is 0 Å². The van der Waals surface area contributed by atoms with E-state index in [-0.39, 0.29) is 23.4 Å². The zero-order valence-electron chi connectivity index (χ0n) is 21.4. The monoisotopic (exact) mass is 477 g/mol. The van der Waals surface area contributed by atoms with E-state index in [1.54, 1.807) is 20.8 Å². The molecule has 0 spiro atoms. The van der Waals surface area contributed by atoms with Gasteiger partial charge in [-0.3, -0.25) is 0 Å². The summed E-state index contributed by atoms with van der Waals surface area (Å²) < 4.78 is 17.6. The van der Waals surface area contributed by atoms with Crippen molar-refractivity contribution in [2.45, 2.75) is 84.9 Å². The molecule has 1 unspecified atom stereocenters. The largest absolute Gasteiger partial charge is 0.478 e. The van der Waals surface area contributed by atoms with E-state index in [1.165, 1.54) is 4.90 Å². The third kappa shape index (κ3) is 7.33. The van der Waals surface area contributed by atoms with Crippen molar-refractivity contribution in [1.82, 2.24) is 4.90 Å². The molecule has 0 aromatic heterocycles. The second-order valence-corrected chi connectivity index (χ2v) is 15.8. The van der Waals surface area contributed by atoms with Gasteiger partial charge in [0.25, 0.3) is 0 Å². The Bertz CT molecular complexity index is 893. The molecule has 2 rings (SSSR count). The molecule has 1 amide bonds. The molecule has 0 radical (unpaired) electrons. The molecule has 7 nitrogen and oxygen atoms in total. The summed E-state index contributed by atoms with van der Waals surface area (Å²) in [6.07, 6.45) is -0.450. The highest BCUT2D eigenvalue weighted by Gasteiger charge is 2.39. The number of rotatable bonds is 6. The van der Waals surface area contributed by atoms with Gasteiger partial charge in [0.2, 0.25) is 0 Å². The second-order valence-electron chi connectivity index (χ2n) is 11.0. The highest BCUT2D eigenvalue weighted by molar-refractivity contribution is 6.74. The van der Waals surface area contributed by atoms with Crippen LogP contribution >= 0.6 is 0 Å². The summed E-state index contributed by atoms with van der Waals surface area (Å²) in [6.45, 7) is 18.6. The Balaban J connectivity index is 2.14. The minimum absolute atomic E-state index is 0.00915. The Morgan fingerprint density at radius 2 is 1.64 bits per heavy atom. The first-order valence-corrected chi connectivity index (χ1v) is 14.3. The average Bonchev–Trinajstić information content (AvgIpc) is 2.65. The van der Waals surface area contributed by atoms with Crippen LogP contribution in [0.25, 0.3) is 5.57 Å². The molecule has 1 aromatic carbocycles. The molecule has 1 aromatic rings. The van der Waals surface area contributed by atoms with E-state index < -0.39 is 26.0 Å². The summed E-state index contributed by atoms with van der Waals surface area (Å²) in [7, 11) is -1.95. The second kappa shape index (κ2) is 9.89. The van der Waals surface area contributed by atoms with Gasteiger partial charge in [0.1, 0.15) is 11.4 Å². The van der Waals surface area contributed by atoms with Gasteiger partial charge < -0.3 is 23.9 Å². The van der Waals surface area contributed by atoms with Gasteiger partial charge in [-0.15, -0.1) is 0 Å². The maximum atomic E-state index is 12.4. The summed E-state index contributed by atoms with van der Waals surface area (Å²) in [5.74, 6) is -0.372. The van der Waals surface area contributed by atoms with Crippen LogP contribution in [0.2, 0.25) is 18.1 Å². The molecule has 1 heterocycles. The van der Waals surface area contributed by atoms with Crippen LogP contribution in [0, 0.1) is 0 Å². The van der Waals surface area contributed by atoms with E-state index in [4.69, 9.17) is 13.9 Å². The van der Waals surface area contributed by atoms with Gasteiger partial charge in [-0.2, -0.15) is 0 Å². The molecule has 184 valence electrons. The predicted molar refractivity (Wildman–Crippen MR) is 132 cm³/mol. The maximum Gasteiger partial charge on any atom is 0.410 e. The number of carbonyl (C=O) groups excluding carboxylic acids is 1. The first kappa shape index (κ1) is 26.9. The van der Waals surface area contributed by atoms with Crippen LogP contribution in [-0.2, 0) is 14.0 Å². The van der Waals surface area contributed by atoms with Crippen LogP contribution in [0.5, 0.6) is 5.75 Å². The Morgan fingerprint density at radius 3 is 2.12 bits per heavy atom. The molecule has 1 aliphatic rings. The quantitative estimate of drug-likeness (QED) is 0.405. The third-order valence-electron chi connectivity index (χ3n) is 6.03. The van der Waals surface area contributed by atoms with Crippen molar-refractivity contribution in [2.75, 3.05) is 13.1 Å². The molecule has 1 N–H and O–H groups in total. The van der Waals surface area contributed by atoms with E-state index in [1.807, 2.05) is 31.2 Å². The van der Waals surface area contributed by atoms with Crippen LogP contribution in [0.15, 0.2) is 29.8 Å². The molecule has 0 saturated carbocycles. The maximum absolute atomic E-state index is 12.4. The minimum atomic E-state index is -1.95. The summed E-state index contributed by atoms with van der Waals surface area (Å²) in [5, 5.41) is 9.86. The standard InChI is InChI=1S/C25H39NO6Si/c1-17(32-33(8,9)25(5,6)7)30-19-12-10-18(11-13-19)20-14-15-26(16-21(20)22(27)28)23(29)31-24(2,3)4/h10-13,17H,14-16H2,1-9H3,(H,27,28). The highest BCUT2D eigenvalue weighted by atomic mass is 28.4.